The number of carbonyl (C=O) groups excluding carboxylic acids is 3. The molecule has 0 N–H and O–H groups in total. The molecule has 2 fully saturated rings. The molecule has 1 atom stereocenters. The summed E-state index contributed by atoms with van der Waals surface area (Å²) in [7, 11) is 1.57. The zero-order valence-electron chi connectivity index (χ0n) is 16.2. The molecule has 2 saturated heterocycles. The SMILES string of the molecule is COc1cccc(N2CC(C(=O)Oc3ccc(N4CCCC4=O)cc3)CC2=O)c1. The highest BCUT2D eigenvalue weighted by Crippen LogP contribution is 2.29. The van der Waals surface area contributed by atoms with E-state index in [1.165, 1.54) is 0 Å². The second-order valence-electron chi connectivity index (χ2n) is 7.17. The Morgan fingerprint density at radius 3 is 2.45 bits per heavy atom. The Bertz CT molecular complexity index is 940. The molecular weight excluding hydrogens is 372 g/mol. The predicted octanol–water partition coefficient (Wildman–Crippen LogP) is 2.78. The monoisotopic (exact) mass is 394 g/mol. The molecule has 7 heteroatoms. The number of hydrogen-bond acceptors (Lipinski definition) is 5. The first-order valence-electron chi connectivity index (χ1n) is 9.61. The van der Waals surface area contributed by atoms with Crippen molar-refractivity contribution in [2.45, 2.75) is 19.3 Å². The highest BCUT2D eigenvalue weighted by Gasteiger charge is 2.36. The average Bonchev–Trinajstić information content (AvgIpc) is 3.34. The molecule has 1 unspecified atom stereocenters. The van der Waals surface area contributed by atoms with Gasteiger partial charge in [-0.2, -0.15) is 0 Å². The van der Waals surface area contributed by atoms with Crippen LogP contribution in [0.2, 0.25) is 0 Å². The lowest BCUT2D eigenvalue weighted by Crippen LogP contribution is -2.27. The topological polar surface area (TPSA) is 76.2 Å². The maximum Gasteiger partial charge on any atom is 0.316 e. The van der Waals surface area contributed by atoms with Gasteiger partial charge < -0.3 is 19.3 Å². The fraction of sp³-hybridized carbons (Fsp3) is 0.318. The quantitative estimate of drug-likeness (QED) is 0.576. The average molecular weight is 394 g/mol. The van der Waals surface area contributed by atoms with Gasteiger partial charge in [-0.25, -0.2) is 0 Å². The van der Waals surface area contributed by atoms with Gasteiger partial charge in [0.2, 0.25) is 11.8 Å². The third-order valence-electron chi connectivity index (χ3n) is 5.26. The van der Waals surface area contributed by atoms with Gasteiger partial charge in [0.05, 0.1) is 13.0 Å². The van der Waals surface area contributed by atoms with Crippen LogP contribution in [0.1, 0.15) is 19.3 Å². The molecule has 0 aliphatic carbocycles. The maximum absolute atomic E-state index is 12.6. The number of hydrogen-bond donors (Lipinski definition) is 0. The Morgan fingerprint density at radius 1 is 0.966 bits per heavy atom. The third-order valence-corrected chi connectivity index (χ3v) is 5.26. The van der Waals surface area contributed by atoms with Crippen LogP contribution in [0.4, 0.5) is 11.4 Å². The normalized spacial score (nSPS) is 19.0. The van der Waals surface area contributed by atoms with E-state index in [1.807, 2.05) is 6.07 Å². The molecule has 0 spiro atoms. The number of methoxy groups -OCH3 is 1. The molecular formula is C22H22N2O5. The summed E-state index contributed by atoms with van der Waals surface area (Å²) in [5.41, 5.74) is 1.50. The highest BCUT2D eigenvalue weighted by atomic mass is 16.5. The summed E-state index contributed by atoms with van der Waals surface area (Å²) in [5, 5.41) is 0. The van der Waals surface area contributed by atoms with E-state index in [4.69, 9.17) is 9.47 Å². The van der Waals surface area contributed by atoms with E-state index in [9.17, 15) is 14.4 Å². The predicted molar refractivity (Wildman–Crippen MR) is 107 cm³/mol. The van der Waals surface area contributed by atoms with Crippen molar-refractivity contribution in [2.24, 2.45) is 5.92 Å². The van der Waals surface area contributed by atoms with Crippen LogP contribution < -0.4 is 19.3 Å². The van der Waals surface area contributed by atoms with E-state index in [0.717, 1.165) is 12.1 Å². The smallest absolute Gasteiger partial charge is 0.316 e. The van der Waals surface area contributed by atoms with Crippen LogP contribution in [0.25, 0.3) is 0 Å². The Morgan fingerprint density at radius 2 is 1.76 bits per heavy atom. The summed E-state index contributed by atoms with van der Waals surface area (Å²) in [6.07, 6.45) is 1.53. The van der Waals surface area contributed by atoms with Crippen molar-refractivity contribution in [2.75, 3.05) is 30.0 Å². The molecule has 0 bridgehead atoms. The van der Waals surface area contributed by atoms with Crippen LogP contribution >= 0.6 is 0 Å². The first kappa shape index (κ1) is 19.0. The molecule has 2 aliphatic heterocycles. The summed E-state index contributed by atoms with van der Waals surface area (Å²) in [4.78, 5) is 40.1. The lowest BCUT2D eigenvalue weighted by molar-refractivity contribution is -0.139. The highest BCUT2D eigenvalue weighted by molar-refractivity contribution is 6.00. The number of nitrogens with zero attached hydrogens (tertiary/aromatic N) is 2. The molecule has 4 rings (SSSR count). The van der Waals surface area contributed by atoms with Gasteiger partial charge >= 0.3 is 5.97 Å². The Hall–Kier alpha value is -3.35. The molecule has 7 nitrogen and oxygen atoms in total. The van der Waals surface area contributed by atoms with E-state index >= 15 is 0 Å². The lowest BCUT2D eigenvalue weighted by atomic mass is 10.1. The van der Waals surface area contributed by atoms with Crippen molar-refractivity contribution in [1.29, 1.82) is 0 Å². The van der Waals surface area contributed by atoms with E-state index in [0.29, 0.717) is 30.2 Å². The summed E-state index contributed by atoms with van der Waals surface area (Å²) in [6, 6.07) is 14.1. The van der Waals surface area contributed by atoms with Crippen LogP contribution in [0, 0.1) is 5.92 Å². The molecule has 2 aromatic rings. The first-order valence-corrected chi connectivity index (χ1v) is 9.61. The number of carbonyl (C=O) groups is 3. The second kappa shape index (κ2) is 7.95. The summed E-state index contributed by atoms with van der Waals surface area (Å²) < 4.78 is 10.7. The molecule has 2 aromatic carbocycles. The largest absolute Gasteiger partial charge is 0.497 e. The Balaban J connectivity index is 1.40. The molecule has 0 radical (unpaired) electrons. The molecule has 0 aromatic heterocycles. The minimum absolute atomic E-state index is 0.108. The van der Waals surface area contributed by atoms with Gasteiger partial charge in [0.15, 0.2) is 0 Å². The van der Waals surface area contributed by atoms with Gasteiger partial charge in [-0.05, 0) is 42.8 Å². The van der Waals surface area contributed by atoms with Gasteiger partial charge in [-0.3, -0.25) is 14.4 Å². The fourth-order valence-electron chi connectivity index (χ4n) is 3.71. The standard InChI is InChI=1S/C22H22N2O5/c1-28-19-5-2-4-17(13-19)24-14-15(12-21(24)26)22(27)29-18-9-7-16(8-10-18)23-11-3-6-20(23)25/h2,4-5,7-10,13,15H,3,6,11-12,14H2,1H3. The van der Waals surface area contributed by atoms with Crippen molar-refractivity contribution in [3.63, 3.8) is 0 Å². The minimum atomic E-state index is -0.534. The zero-order chi connectivity index (χ0) is 20.4. The molecule has 2 amide bonds. The first-order chi connectivity index (χ1) is 14.0. The van der Waals surface area contributed by atoms with Gasteiger partial charge in [-0.1, -0.05) is 6.07 Å². The van der Waals surface area contributed by atoms with Crippen molar-refractivity contribution >= 4 is 29.2 Å². The number of esters is 1. The van der Waals surface area contributed by atoms with Crippen LogP contribution in [-0.4, -0.2) is 38.0 Å². The molecule has 150 valence electrons. The van der Waals surface area contributed by atoms with Gasteiger partial charge in [0.1, 0.15) is 11.5 Å². The summed E-state index contributed by atoms with van der Waals surface area (Å²) >= 11 is 0. The van der Waals surface area contributed by atoms with E-state index in [1.54, 1.807) is 59.4 Å². The number of amides is 2. The number of ether oxygens (including phenoxy) is 2. The lowest BCUT2D eigenvalue weighted by Gasteiger charge is -2.17. The molecule has 0 saturated carbocycles. The van der Waals surface area contributed by atoms with E-state index in [-0.39, 0.29) is 24.8 Å². The van der Waals surface area contributed by atoms with E-state index in [2.05, 4.69) is 0 Å². The van der Waals surface area contributed by atoms with Crippen molar-refractivity contribution in [1.82, 2.24) is 0 Å². The zero-order valence-corrected chi connectivity index (χ0v) is 16.2. The van der Waals surface area contributed by atoms with Crippen LogP contribution in [0.15, 0.2) is 48.5 Å². The fourth-order valence-corrected chi connectivity index (χ4v) is 3.71. The van der Waals surface area contributed by atoms with E-state index < -0.39 is 11.9 Å². The Labute approximate surface area is 168 Å². The van der Waals surface area contributed by atoms with Gasteiger partial charge in [0.25, 0.3) is 0 Å². The maximum atomic E-state index is 12.6. The van der Waals surface area contributed by atoms with Crippen LogP contribution in [0.5, 0.6) is 11.5 Å². The molecule has 2 aliphatic rings. The van der Waals surface area contributed by atoms with Crippen molar-refractivity contribution in [3.8, 4) is 11.5 Å². The van der Waals surface area contributed by atoms with Crippen molar-refractivity contribution < 1.29 is 23.9 Å². The molecule has 29 heavy (non-hydrogen) atoms. The van der Waals surface area contributed by atoms with Crippen LogP contribution in [0.3, 0.4) is 0 Å². The minimum Gasteiger partial charge on any atom is -0.497 e. The summed E-state index contributed by atoms with van der Waals surface area (Å²) in [5.74, 6) is 0.0674. The molecule has 2 heterocycles. The number of benzene rings is 2. The van der Waals surface area contributed by atoms with Crippen LogP contribution in [-0.2, 0) is 14.4 Å². The van der Waals surface area contributed by atoms with Gasteiger partial charge in [0, 0.05) is 43.4 Å². The second-order valence-corrected chi connectivity index (χ2v) is 7.17. The third kappa shape index (κ3) is 3.94. The number of anilines is 2. The van der Waals surface area contributed by atoms with Crippen molar-refractivity contribution in [3.05, 3.63) is 48.5 Å². The Kier molecular flexibility index (Phi) is 5.20. The summed E-state index contributed by atoms with van der Waals surface area (Å²) in [6.45, 7) is 0.980. The van der Waals surface area contributed by atoms with Gasteiger partial charge in [-0.15, -0.1) is 0 Å². The number of rotatable bonds is 5.